The lowest BCUT2D eigenvalue weighted by Crippen LogP contribution is -2.46. The summed E-state index contributed by atoms with van der Waals surface area (Å²) in [6.07, 6.45) is 3.40. The lowest BCUT2D eigenvalue weighted by atomic mass is 10.1. The van der Waals surface area contributed by atoms with E-state index < -0.39 is 11.6 Å². The van der Waals surface area contributed by atoms with Crippen LogP contribution in [-0.2, 0) is 6.54 Å². The highest BCUT2D eigenvalue weighted by molar-refractivity contribution is 5.83. The van der Waals surface area contributed by atoms with Gasteiger partial charge in [0, 0.05) is 44.5 Å². The van der Waals surface area contributed by atoms with Crippen LogP contribution in [0.4, 0.5) is 26.1 Å². The molecule has 1 N–H and O–H groups in total. The Balaban J connectivity index is 1.41. The number of aromatic nitrogens is 3. The van der Waals surface area contributed by atoms with E-state index in [1.807, 2.05) is 12.1 Å². The molecule has 5 rings (SSSR count). The highest BCUT2D eigenvalue weighted by Gasteiger charge is 2.23. The zero-order chi connectivity index (χ0) is 23.5. The van der Waals surface area contributed by atoms with Crippen molar-refractivity contribution in [2.24, 2.45) is 0 Å². The van der Waals surface area contributed by atoms with Gasteiger partial charge in [-0.1, -0.05) is 0 Å². The molecule has 2 aromatic carbocycles. The number of hydrogen-bond donors (Lipinski definition) is 1. The highest BCUT2D eigenvalue weighted by Crippen LogP contribution is 2.29. The van der Waals surface area contributed by atoms with Gasteiger partial charge in [0.15, 0.2) is 11.6 Å². The van der Waals surface area contributed by atoms with E-state index in [0.29, 0.717) is 66.5 Å². The zero-order valence-electron chi connectivity index (χ0n) is 18.2. The summed E-state index contributed by atoms with van der Waals surface area (Å²) in [6, 6.07) is 14.6. The van der Waals surface area contributed by atoms with Crippen molar-refractivity contribution in [3.8, 4) is 6.07 Å². The smallest absolute Gasteiger partial charge is 0.174 e. The van der Waals surface area contributed by atoms with Crippen LogP contribution in [0.25, 0.3) is 11.0 Å². The lowest BCUT2D eigenvalue weighted by molar-refractivity contribution is 0.246. The van der Waals surface area contributed by atoms with Gasteiger partial charge in [0.05, 0.1) is 34.6 Å². The number of benzene rings is 2. The third kappa shape index (κ3) is 4.63. The molecule has 0 radical (unpaired) electrons. The van der Waals surface area contributed by atoms with Crippen LogP contribution in [0.1, 0.15) is 11.1 Å². The predicted molar refractivity (Wildman–Crippen MR) is 126 cm³/mol. The number of pyridine rings is 1. The van der Waals surface area contributed by atoms with Crippen LogP contribution in [0.2, 0.25) is 0 Å². The molecule has 1 aliphatic rings. The average molecular weight is 457 g/mol. The Bertz CT molecular complexity index is 1360. The summed E-state index contributed by atoms with van der Waals surface area (Å²) < 4.78 is 27.6. The first-order chi connectivity index (χ1) is 16.6. The monoisotopic (exact) mass is 457 g/mol. The molecule has 1 saturated heterocycles. The summed E-state index contributed by atoms with van der Waals surface area (Å²) in [7, 11) is 0. The number of rotatable bonds is 5. The van der Waals surface area contributed by atoms with E-state index in [1.54, 1.807) is 30.6 Å². The Morgan fingerprint density at radius 3 is 2.59 bits per heavy atom. The van der Waals surface area contributed by atoms with Crippen LogP contribution < -0.4 is 10.2 Å². The molecule has 9 heteroatoms. The second-order valence-corrected chi connectivity index (χ2v) is 8.08. The second kappa shape index (κ2) is 9.37. The van der Waals surface area contributed by atoms with Crippen LogP contribution in [0.15, 0.2) is 60.9 Å². The first kappa shape index (κ1) is 21.7. The Morgan fingerprint density at radius 2 is 1.82 bits per heavy atom. The Labute approximate surface area is 195 Å². The maximum atomic E-state index is 14.1. The number of nitriles is 1. The van der Waals surface area contributed by atoms with Crippen LogP contribution in [-0.4, -0.2) is 46.0 Å². The number of nitrogens with one attached hydrogen (secondary N) is 1. The van der Waals surface area contributed by atoms with Gasteiger partial charge in [-0.2, -0.15) is 5.26 Å². The van der Waals surface area contributed by atoms with Crippen molar-refractivity contribution in [2.75, 3.05) is 36.4 Å². The Morgan fingerprint density at radius 1 is 0.971 bits per heavy atom. The molecule has 0 saturated carbocycles. The molecule has 1 fully saturated rings. The largest absolute Gasteiger partial charge is 0.351 e. The number of nitrogens with zero attached hydrogens (tertiary/aromatic N) is 6. The lowest BCUT2D eigenvalue weighted by Gasteiger charge is -2.36. The summed E-state index contributed by atoms with van der Waals surface area (Å²) in [5.41, 5.74) is 2.96. The van der Waals surface area contributed by atoms with Gasteiger partial charge in [-0.05, 0) is 48.5 Å². The topological polar surface area (TPSA) is 81.0 Å². The molecule has 3 heterocycles. The molecule has 0 bridgehead atoms. The summed E-state index contributed by atoms with van der Waals surface area (Å²) in [5, 5.41) is 12.6. The van der Waals surface area contributed by atoms with E-state index >= 15 is 0 Å². The minimum atomic E-state index is -0.440. The maximum absolute atomic E-state index is 14.1. The SMILES string of the molecule is N#Cc1ccc2nc(Nc3cccnc3)c(N3CCN(Cc4cc(F)ccc4F)CC3)nc2c1. The second-order valence-electron chi connectivity index (χ2n) is 8.08. The van der Waals surface area contributed by atoms with Gasteiger partial charge in [0.1, 0.15) is 11.6 Å². The quantitative estimate of drug-likeness (QED) is 0.480. The molecule has 34 heavy (non-hydrogen) atoms. The number of fused-ring (bicyclic) bond motifs is 1. The van der Waals surface area contributed by atoms with Crippen molar-refractivity contribution in [2.45, 2.75) is 6.54 Å². The molecule has 2 aromatic heterocycles. The van der Waals surface area contributed by atoms with Crippen LogP contribution >= 0.6 is 0 Å². The van der Waals surface area contributed by atoms with E-state index in [-0.39, 0.29) is 0 Å². The standard InChI is InChI=1S/C25H21F2N7/c26-19-4-5-21(27)18(13-19)16-33-8-10-34(11-9-33)25-24(30-20-2-1-7-29-15-20)31-22-6-3-17(14-28)12-23(22)32-25/h1-7,12-13,15H,8-11,16H2,(H,30,31). The normalized spacial score (nSPS) is 14.2. The van der Waals surface area contributed by atoms with Gasteiger partial charge < -0.3 is 10.2 Å². The molecular weight excluding hydrogens is 436 g/mol. The third-order valence-electron chi connectivity index (χ3n) is 5.77. The van der Waals surface area contributed by atoms with Crippen LogP contribution in [0.5, 0.6) is 0 Å². The van der Waals surface area contributed by atoms with E-state index in [1.165, 1.54) is 6.07 Å². The number of hydrogen-bond acceptors (Lipinski definition) is 7. The summed E-state index contributed by atoms with van der Waals surface area (Å²) in [6.45, 7) is 2.92. The Kier molecular flexibility index (Phi) is 5.97. The van der Waals surface area contributed by atoms with Gasteiger partial charge in [0.25, 0.3) is 0 Å². The summed E-state index contributed by atoms with van der Waals surface area (Å²) in [5.74, 6) is 0.419. The summed E-state index contributed by atoms with van der Waals surface area (Å²) >= 11 is 0. The fourth-order valence-electron chi connectivity index (χ4n) is 4.02. The fraction of sp³-hybridized carbons (Fsp3) is 0.200. The van der Waals surface area contributed by atoms with E-state index in [2.05, 4.69) is 26.2 Å². The van der Waals surface area contributed by atoms with Crippen molar-refractivity contribution < 1.29 is 8.78 Å². The predicted octanol–water partition coefficient (Wildman–Crippen LogP) is 4.24. The van der Waals surface area contributed by atoms with Crippen LogP contribution in [0.3, 0.4) is 0 Å². The molecule has 170 valence electrons. The van der Waals surface area contributed by atoms with Gasteiger partial charge in [-0.3, -0.25) is 9.88 Å². The molecule has 0 unspecified atom stereocenters. The van der Waals surface area contributed by atoms with Gasteiger partial charge >= 0.3 is 0 Å². The molecular formula is C25H21F2N7. The summed E-state index contributed by atoms with van der Waals surface area (Å²) in [4.78, 5) is 18.0. The Hall–Kier alpha value is -4.16. The van der Waals surface area contributed by atoms with E-state index in [0.717, 1.165) is 17.8 Å². The van der Waals surface area contributed by atoms with Crippen LogP contribution in [0, 0.1) is 23.0 Å². The number of halogens is 2. The zero-order valence-corrected chi connectivity index (χ0v) is 18.2. The molecule has 1 aliphatic heterocycles. The maximum Gasteiger partial charge on any atom is 0.174 e. The molecule has 7 nitrogen and oxygen atoms in total. The van der Waals surface area contributed by atoms with Crippen molar-refractivity contribution >= 4 is 28.4 Å². The number of anilines is 3. The van der Waals surface area contributed by atoms with E-state index in [9.17, 15) is 14.0 Å². The third-order valence-corrected chi connectivity index (χ3v) is 5.77. The van der Waals surface area contributed by atoms with Crippen molar-refractivity contribution in [1.29, 1.82) is 5.26 Å². The average Bonchev–Trinajstić information content (AvgIpc) is 2.87. The van der Waals surface area contributed by atoms with Gasteiger partial charge in [-0.15, -0.1) is 0 Å². The van der Waals surface area contributed by atoms with Crippen molar-refractivity contribution in [3.05, 3.63) is 83.7 Å². The molecule has 0 aliphatic carbocycles. The fourth-order valence-corrected chi connectivity index (χ4v) is 4.02. The highest BCUT2D eigenvalue weighted by atomic mass is 19.1. The molecule has 0 spiro atoms. The first-order valence-electron chi connectivity index (χ1n) is 10.9. The van der Waals surface area contributed by atoms with E-state index in [4.69, 9.17) is 9.97 Å². The molecule has 0 atom stereocenters. The van der Waals surface area contributed by atoms with Crippen molar-refractivity contribution in [1.82, 2.24) is 19.9 Å². The minimum Gasteiger partial charge on any atom is -0.351 e. The number of piperazine rings is 1. The molecule has 4 aromatic rings. The van der Waals surface area contributed by atoms with Crippen molar-refractivity contribution in [3.63, 3.8) is 0 Å². The minimum absolute atomic E-state index is 0.340. The van der Waals surface area contributed by atoms with Gasteiger partial charge in [-0.25, -0.2) is 18.7 Å². The first-order valence-corrected chi connectivity index (χ1v) is 10.9. The van der Waals surface area contributed by atoms with Gasteiger partial charge in [0.2, 0.25) is 0 Å². The molecule has 0 amide bonds.